The van der Waals surface area contributed by atoms with Crippen molar-refractivity contribution < 1.29 is 14.0 Å². The predicted molar refractivity (Wildman–Crippen MR) is 146 cm³/mol. The van der Waals surface area contributed by atoms with Crippen LogP contribution in [0.3, 0.4) is 0 Å². The fourth-order valence-electron chi connectivity index (χ4n) is 5.68. The molecule has 2 saturated carbocycles. The Bertz CT molecular complexity index is 1280. The minimum absolute atomic E-state index is 0.00465. The molecule has 38 heavy (non-hydrogen) atoms. The third kappa shape index (κ3) is 5.91. The molecule has 2 aliphatic carbocycles. The lowest BCUT2D eigenvalue weighted by molar-refractivity contribution is -0.120. The second kappa shape index (κ2) is 11.0. The molecule has 2 fully saturated rings. The van der Waals surface area contributed by atoms with E-state index in [0.29, 0.717) is 30.8 Å². The molecule has 4 N–H and O–H groups in total. The smallest absolute Gasteiger partial charge is 0.225 e. The number of anilines is 1. The Morgan fingerprint density at radius 3 is 2.29 bits per heavy atom. The molecule has 0 aliphatic heterocycles. The summed E-state index contributed by atoms with van der Waals surface area (Å²) in [7, 11) is 0. The van der Waals surface area contributed by atoms with Crippen molar-refractivity contribution >= 4 is 17.6 Å². The summed E-state index contributed by atoms with van der Waals surface area (Å²) in [5.74, 6) is 0.604. The fraction of sp³-hybridized carbons (Fsp3) is 0.400. The summed E-state index contributed by atoms with van der Waals surface area (Å²) in [6.07, 6.45) is 3.86. The van der Waals surface area contributed by atoms with Crippen molar-refractivity contribution in [2.24, 2.45) is 11.7 Å². The molecule has 0 spiro atoms. The summed E-state index contributed by atoms with van der Waals surface area (Å²) in [6, 6.07) is 19.7. The van der Waals surface area contributed by atoms with E-state index in [-0.39, 0.29) is 23.8 Å². The number of nitrogens with two attached hydrogens (primary N) is 1. The molecule has 0 radical (unpaired) electrons. The normalized spacial score (nSPS) is 24.8. The lowest BCUT2D eigenvalue weighted by atomic mass is 9.71. The number of nitrogens with one attached hydrogen (secondary N) is 2. The fourth-order valence-corrected chi connectivity index (χ4v) is 5.68. The lowest BCUT2D eigenvalue weighted by Crippen LogP contribution is -2.50. The van der Waals surface area contributed by atoms with Crippen molar-refractivity contribution in [1.29, 1.82) is 0 Å². The van der Waals surface area contributed by atoms with E-state index in [0.717, 1.165) is 47.9 Å². The van der Waals surface area contributed by atoms with E-state index >= 15 is 0 Å². The first kappa shape index (κ1) is 26.0. The van der Waals surface area contributed by atoms with Gasteiger partial charge in [-0.15, -0.1) is 10.2 Å². The topological polar surface area (TPSA) is 110 Å². The zero-order valence-electron chi connectivity index (χ0n) is 21.6. The summed E-state index contributed by atoms with van der Waals surface area (Å²) >= 11 is 0. The Balaban J connectivity index is 1.31. The van der Waals surface area contributed by atoms with Gasteiger partial charge in [0.05, 0.1) is 0 Å². The molecule has 5 rings (SSSR count). The van der Waals surface area contributed by atoms with Crippen LogP contribution >= 0.6 is 0 Å². The quantitative estimate of drug-likeness (QED) is 0.405. The third-order valence-corrected chi connectivity index (χ3v) is 7.78. The van der Waals surface area contributed by atoms with E-state index in [1.165, 1.54) is 6.92 Å². The number of aromatic nitrogens is 2. The summed E-state index contributed by atoms with van der Waals surface area (Å²) < 4.78 is 13.5. The highest BCUT2D eigenvalue weighted by atomic mass is 19.1. The van der Waals surface area contributed by atoms with Gasteiger partial charge >= 0.3 is 0 Å². The van der Waals surface area contributed by atoms with Crippen molar-refractivity contribution in [2.45, 2.75) is 69.6 Å². The van der Waals surface area contributed by atoms with Crippen molar-refractivity contribution in [1.82, 2.24) is 15.5 Å². The van der Waals surface area contributed by atoms with Gasteiger partial charge in [-0.05, 0) is 48.8 Å². The third-order valence-electron chi connectivity index (χ3n) is 7.78. The molecule has 7 nitrogen and oxygen atoms in total. The second-order valence-corrected chi connectivity index (χ2v) is 10.8. The average Bonchev–Trinajstić information content (AvgIpc) is 2.89. The van der Waals surface area contributed by atoms with Crippen molar-refractivity contribution in [3.05, 3.63) is 66.2 Å². The molecular formula is C30H34FN5O2. The summed E-state index contributed by atoms with van der Waals surface area (Å²) in [6.45, 7) is 1.54. The average molecular weight is 516 g/mol. The van der Waals surface area contributed by atoms with Crippen LogP contribution in [0.25, 0.3) is 22.4 Å². The van der Waals surface area contributed by atoms with Gasteiger partial charge in [-0.25, -0.2) is 4.39 Å². The number of rotatable bonds is 7. The molecule has 0 atom stereocenters. The molecule has 0 saturated heterocycles. The molecule has 1 heterocycles. The van der Waals surface area contributed by atoms with Gasteiger partial charge in [-0.3, -0.25) is 9.59 Å². The Hall–Kier alpha value is -3.65. The maximum atomic E-state index is 13.5. The number of carbonyl (C=O) groups is 2. The van der Waals surface area contributed by atoms with Crippen LogP contribution in [0, 0.1) is 5.92 Å². The number of nitrogens with zero attached hydrogens (tertiary/aromatic N) is 2. The molecule has 2 amide bonds. The lowest BCUT2D eigenvalue weighted by Gasteiger charge is -2.41. The van der Waals surface area contributed by atoms with Crippen LogP contribution in [0.1, 0.15) is 57.4 Å². The zero-order chi connectivity index (χ0) is 26.7. The number of benzene rings is 2. The van der Waals surface area contributed by atoms with Gasteiger partial charge in [-0.1, -0.05) is 54.6 Å². The predicted octanol–water partition coefficient (Wildman–Crippen LogP) is 5.12. The van der Waals surface area contributed by atoms with Crippen LogP contribution in [0.2, 0.25) is 0 Å². The number of carbonyl (C=O) groups excluding carboxylic acids is 2. The van der Waals surface area contributed by atoms with E-state index in [9.17, 15) is 14.0 Å². The number of halogens is 1. The summed E-state index contributed by atoms with van der Waals surface area (Å²) in [5, 5.41) is 14.7. The zero-order valence-corrected chi connectivity index (χ0v) is 21.6. The number of hydrogen-bond donors (Lipinski definition) is 3. The van der Waals surface area contributed by atoms with Gasteiger partial charge in [-0.2, -0.15) is 0 Å². The number of amides is 2. The van der Waals surface area contributed by atoms with E-state index in [1.807, 2.05) is 60.7 Å². The molecule has 3 aromatic rings. The molecular weight excluding hydrogens is 481 g/mol. The van der Waals surface area contributed by atoms with Gasteiger partial charge in [0, 0.05) is 48.9 Å². The second-order valence-electron chi connectivity index (χ2n) is 10.8. The van der Waals surface area contributed by atoms with E-state index in [2.05, 4.69) is 20.8 Å². The minimum Gasteiger partial charge on any atom is -0.354 e. The van der Waals surface area contributed by atoms with E-state index < -0.39 is 11.7 Å². The Labute approximate surface area is 222 Å². The van der Waals surface area contributed by atoms with Crippen LogP contribution in [0.4, 0.5) is 10.2 Å². The first-order chi connectivity index (χ1) is 18.3. The van der Waals surface area contributed by atoms with Crippen molar-refractivity contribution in [3.63, 3.8) is 0 Å². The number of hydrogen-bond acceptors (Lipinski definition) is 5. The van der Waals surface area contributed by atoms with Gasteiger partial charge in [0.15, 0.2) is 5.82 Å². The van der Waals surface area contributed by atoms with Crippen LogP contribution in [0.5, 0.6) is 0 Å². The highest BCUT2D eigenvalue weighted by Crippen LogP contribution is 2.41. The largest absolute Gasteiger partial charge is 0.354 e. The van der Waals surface area contributed by atoms with Gasteiger partial charge in [0.1, 0.15) is 11.9 Å². The maximum Gasteiger partial charge on any atom is 0.225 e. The molecule has 0 bridgehead atoms. The van der Waals surface area contributed by atoms with Crippen molar-refractivity contribution in [2.75, 3.05) is 5.32 Å². The summed E-state index contributed by atoms with van der Waals surface area (Å²) in [5.41, 5.74) is 10.0. The van der Waals surface area contributed by atoms with E-state index in [1.54, 1.807) is 0 Å². The highest BCUT2D eigenvalue weighted by molar-refractivity contribution is 5.91. The Morgan fingerprint density at radius 1 is 0.974 bits per heavy atom. The molecule has 2 aromatic carbocycles. The standard InChI is InChI=1S/C30H34FN5O2/c1-19(37)33-25-13-7-20(8-14-25)15-28(38)34-27-16-26(21-5-3-2-4-6-21)29(36-35-27)22-9-11-23(12-10-22)30(32)17-24(31)18-30/h2-6,9-12,16,20,24-25H,7-8,13-15,17-18,32H2,1H3,(H,33,37)(H,34,35,38). The first-order valence-electron chi connectivity index (χ1n) is 13.3. The van der Waals surface area contributed by atoms with Gasteiger partial charge in [0.25, 0.3) is 0 Å². The molecule has 2 aliphatic rings. The van der Waals surface area contributed by atoms with Crippen LogP contribution < -0.4 is 16.4 Å². The molecule has 1 aromatic heterocycles. The molecule has 0 unspecified atom stereocenters. The van der Waals surface area contributed by atoms with Crippen LogP contribution in [0.15, 0.2) is 60.7 Å². The SMILES string of the molecule is CC(=O)NC1CCC(CC(=O)Nc2cc(-c3ccccc3)c(-c3ccc(C4(N)CC(F)C4)cc3)nn2)CC1. The van der Waals surface area contributed by atoms with Crippen LogP contribution in [-0.2, 0) is 15.1 Å². The van der Waals surface area contributed by atoms with Gasteiger partial charge in [0.2, 0.25) is 11.8 Å². The Kier molecular flexibility index (Phi) is 7.51. The summed E-state index contributed by atoms with van der Waals surface area (Å²) in [4.78, 5) is 24.1. The molecule has 198 valence electrons. The highest BCUT2D eigenvalue weighted by Gasteiger charge is 2.42. The van der Waals surface area contributed by atoms with E-state index in [4.69, 9.17) is 5.73 Å². The van der Waals surface area contributed by atoms with Gasteiger partial charge < -0.3 is 16.4 Å². The maximum absolute atomic E-state index is 13.5. The Morgan fingerprint density at radius 2 is 1.66 bits per heavy atom. The van der Waals surface area contributed by atoms with Crippen LogP contribution in [-0.4, -0.2) is 34.2 Å². The van der Waals surface area contributed by atoms with Crippen molar-refractivity contribution in [3.8, 4) is 22.4 Å². The monoisotopic (exact) mass is 515 g/mol. The number of alkyl halides is 1. The first-order valence-corrected chi connectivity index (χ1v) is 13.3. The minimum atomic E-state index is -0.836. The molecule has 8 heteroatoms.